The monoisotopic (exact) mass is 430 g/mol. The summed E-state index contributed by atoms with van der Waals surface area (Å²) in [6, 6.07) is 10.1. The molecule has 0 radical (unpaired) electrons. The van der Waals surface area contributed by atoms with E-state index in [1.807, 2.05) is 0 Å². The third-order valence-electron chi connectivity index (χ3n) is 5.04. The van der Waals surface area contributed by atoms with Crippen molar-refractivity contribution in [1.29, 1.82) is 0 Å². The summed E-state index contributed by atoms with van der Waals surface area (Å²) in [7, 11) is 0. The number of halogens is 2. The van der Waals surface area contributed by atoms with Gasteiger partial charge in [0.15, 0.2) is 0 Å². The third kappa shape index (κ3) is 4.17. The maximum atomic E-state index is 13.4. The molecule has 8 heteroatoms. The molecule has 0 unspecified atom stereocenters. The lowest BCUT2D eigenvalue weighted by Crippen LogP contribution is -2.46. The second-order valence-corrected chi connectivity index (χ2v) is 7.53. The number of carbonyl (C=O) groups excluding carboxylic acids is 1. The van der Waals surface area contributed by atoms with Crippen LogP contribution in [-0.4, -0.2) is 43.2 Å². The van der Waals surface area contributed by atoms with E-state index in [-0.39, 0.29) is 10.9 Å². The first-order chi connectivity index (χ1) is 14.4. The van der Waals surface area contributed by atoms with Crippen molar-refractivity contribution in [3.63, 3.8) is 0 Å². The van der Waals surface area contributed by atoms with Crippen LogP contribution in [0.3, 0.4) is 0 Å². The molecule has 1 aromatic heterocycles. The molecular weight excluding hydrogens is 411 g/mol. The van der Waals surface area contributed by atoms with E-state index < -0.39 is 17.5 Å². The fourth-order valence-electron chi connectivity index (χ4n) is 3.55. The lowest BCUT2D eigenvalue weighted by Gasteiger charge is -2.29. The smallest absolute Gasteiger partial charge is 0.336 e. The first-order valence-corrected chi connectivity index (χ1v) is 9.96. The van der Waals surface area contributed by atoms with Crippen molar-refractivity contribution in [1.82, 2.24) is 4.90 Å². The minimum Gasteiger partial charge on any atom is -0.423 e. The highest BCUT2D eigenvalue weighted by atomic mass is 35.5. The van der Waals surface area contributed by atoms with Crippen LogP contribution in [0, 0.1) is 5.82 Å². The van der Waals surface area contributed by atoms with Crippen LogP contribution < -0.4 is 10.9 Å². The Bertz CT molecular complexity index is 1160. The number of morpholine rings is 1. The van der Waals surface area contributed by atoms with Gasteiger partial charge in [0, 0.05) is 47.4 Å². The van der Waals surface area contributed by atoms with E-state index >= 15 is 0 Å². The molecule has 1 amide bonds. The van der Waals surface area contributed by atoms with Gasteiger partial charge in [-0.05, 0) is 37.3 Å². The van der Waals surface area contributed by atoms with Crippen molar-refractivity contribution in [2.24, 2.45) is 0 Å². The van der Waals surface area contributed by atoms with E-state index in [4.69, 9.17) is 20.8 Å². The molecule has 0 spiro atoms. The number of rotatable bonds is 4. The molecule has 1 atom stereocenters. The maximum Gasteiger partial charge on any atom is 0.336 e. The summed E-state index contributed by atoms with van der Waals surface area (Å²) in [5, 5.41) is 4.02. The van der Waals surface area contributed by atoms with Gasteiger partial charge in [-0.3, -0.25) is 4.79 Å². The van der Waals surface area contributed by atoms with Gasteiger partial charge in [-0.25, -0.2) is 9.18 Å². The minimum absolute atomic E-state index is 0.0216. The van der Waals surface area contributed by atoms with Crippen LogP contribution in [0.1, 0.15) is 6.92 Å². The number of nitrogens with one attached hydrogen (secondary N) is 1. The molecule has 2 aromatic carbocycles. The zero-order chi connectivity index (χ0) is 21.3. The first kappa shape index (κ1) is 20.4. The summed E-state index contributed by atoms with van der Waals surface area (Å²) in [5.74, 6) is -0.479. The first-order valence-electron chi connectivity index (χ1n) is 9.59. The lowest BCUT2D eigenvalue weighted by atomic mass is 10.0. The molecule has 1 saturated heterocycles. The molecule has 1 aliphatic heterocycles. The molecule has 0 aliphatic carbocycles. The average molecular weight is 431 g/mol. The molecule has 0 bridgehead atoms. The van der Waals surface area contributed by atoms with Gasteiger partial charge in [0.2, 0.25) is 5.91 Å². The number of hydrogen-bond donors (Lipinski definition) is 1. The average Bonchev–Trinajstić information content (AvgIpc) is 2.73. The Labute approximate surface area is 177 Å². The van der Waals surface area contributed by atoms with E-state index in [1.165, 1.54) is 24.3 Å². The van der Waals surface area contributed by atoms with E-state index in [0.29, 0.717) is 54.1 Å². The van der Waals surface area contributed by atoms with Crippen LogP contribution in [0.25, 0.3) is 22.1 Å². The molecule has 30 heavy (non-hydrogen) atoms. The van der Waals surface area contributed by atoms with Crippen LogP contribution >= 0.6 is 11.6 Å². The number of anilines is 1. The number of nitrogens with zero attached hydrogens (tertiary/aromatic N) is 1. The van der Waals surface area contributed by atoms with Gasteiger partial charge < -0.3 is 19.4 Å². The molecule has 6 nitrogen and oxygen atoms in total. The number of amides is 1. The van der Waals surface area contributed by atoms with E-state index in [1.54, 1.807) is 30.0 Å². The van der Waals surface area contributed by atoms with Crippen LogP contribution in [-0.2, 0) is 9.53 Å². The van der Waals surface area contributed by atoms with E-state index in [9.17, 15) is 14.0 Å². The van der Waals surface area contributed by atoms with Crippen molar-refractivity contribution < 1.29 is 18.3 Å². The zero-order valence-corrected chi connectivity index (χ0v) is 17.0. The highest BCUT2D eigenvalue weighted by Gasteiger charge is 2.22. The predicted octanol–water partition coefficient (Wildman–Crippen LogP) is 3.91. The number of hydrogen-bond acceptors (Lipinski definition) is 5. The topological polar surface area (TPSA) is 71.8 Å². The summed E-state index contributed by atoms with van der Waals surface area (Å²) in [6.45, 7) is 3.99. The molecule has 3 aromatic rings. The van der Waals surface area contributed by atoms with Crippen LogP contribution in [0.4, 0.5) is 10.1 Å². The Kier molecular flexibility index (Phi) is 5.74. The number of ether oxygens (including phenoxy) is 1. The fourth-order valence-corrected chi connectivity index (χ4v) is 3.82. The molecular formula is C22H20ClFN2O4. The third-order valence-corrected chi connectivity index (χ3v) is 5.35. The number of carbonyl (C=O) groups is 1. The van der Waals surface area contributed by atoms with Crippen molar-refractivity contribution >= 4 is 34.2 Å². The largest absolute Gasteiger partial charge is 0.423 e. The van der Waals surface area contributed by atoms with Crippen molar-refractivity contribution in [2.45, 2.75) is 13.0 Å². The highest BCUT2D eigenvalue weighted by molar-refractivity contribution is 6.33. The van der Waals surface area contributed by atoms with Crippen molar-refractivity contribution in [2.75, 3.05) is 31.6 Å². The van der Waals surface area contributed by atoms with Crippen LogP contribution in [0.2, 0.25) is 5.02 Å². The summed E-state index contributed by atoms with van der Waals surface area (Å²) in [5.41, 5.74) is 1.52. The number of fused-ring (bicyclic) bond motifs is 1. The maximum absolute atomic E-state index is 13.4. The standard InChI is InChI=1S/C22H20ClFN2O4/c1-13(22(28)26-6-8-29-9-7-26)25-15-3-5-17-18(12-21(27)30-20(17)11-15)16-4-2-14(24)10-19(16)23/h2-5,10-13,25H,6-9H2,1H3/t13-/m1/s1. The van der Waals surface area contributed by atoms with Crippen molar-refractivity contribution in [3.05, 3.63) is 63.7 Å². The quantitative estimate of drug-likeness (QED) is 0.635. The summed E-state index contributed by atoms with van der Waals surface area (Å²) in [6.07, 6.45) is 0. The lowest BCUT2D eigenvalue weighted by molar-refractivity contribution is -0.135. The van der Waals surface area contributed by atoms with Gasteiger partial charge in [-0.2, -0.15) is 0 Å². The Morgan fingerprint density at radius 3 is 2.63 bits per heavy atom. The normalized spacial score (nSPS) is 15.2. The fraction of sp³-hybridized carbons (Fsp3) is 0.273. The molecule has 0 saturated carbocycles. The summed E-state index contributed by atoms with van der Waals surface area (Å²) in [4.78, 5) is 26.5. The molecule has 1 fully saturated rings. The Hall–Kier alpha value is -2.90. The second kappa shape index (κ2) is 8.45. The summed E-state index contributed by atoms with van der Waals surface area (Å²) < 4.78 is 24.1. The van der Waals surface area contributed by atoms with E-state index in [0.717, 1.165) is 0 Å². The van der Waals surface area contributed by atoms with Gasteiger partial charge >= 0.3 is 5.63 Å². The minimum atomic E-state index is -0.549. The van der Waals surface area contributed by atoms with Gasteiger partial charge in [0.25, 0.3) is 0 Å². The SMILES string of the molecule is C[C@@H](Nc1ccc2c(-c3ccc(F)cc3Cl)cc(=O)oc2c1)C(=O)N1CCOCC1. The number of benzene rings is 2. The van der Waals surface area contributed by atoms with Crippen LogP contribution in [0.5, 0.6) is 0 Å². The Morgan fingerprint density at radius 1 is 1.13 bits per heavy atom. The molecule has 4 rings (SSSR count). The molecule has 1 aliphatic rings. The highest BCUT2D eigenvalue weighted by Crippen LogP contribution is 2.34. The zero-order valence-electron chi connectivity index (χ0n) is 16.3. The van der Waals surface area contributed by atoms with Crippen molar-refractivity contribution in [3.8, 4) is 11.1 Å². The second-order valence-electron chi connectivity index (χ2n) is 7.12. The molecule has 156 valence electrons. The Morgan fingerprint density at radius 2 is 1.90 bits per heavy atom. The van der Waals surface area contributed by atoms with Gasteiger partial charge in [0.1, 0.15) is 17.4 Å². The van der Waals surface area contributed by atoms with Gasteiger partial charge in [0.05, 0.1) is 18.2 Å². The van der Waals surface area contributed by atoms with Crippen LogP contribution in [0.15, 0.2) is 51.7 Å². The van der Waals surface area contributed by atoms with E-state index in [2.05, 4.69) is 5.32 Å². The summed E-state index contributed by atoms with van der Waals surface area (Å²) >= 11 is 6.19. The predicted molar refractivity (Wildman–Crippen MR) is 113 cm³/mol. The Balaban J connectivity index is 1.64. The molecule has 1 N–H and O–H groups in total. The van der Waals surface area contributed by atoms with Gasteiger partial charge in [-0.15, -0.1) is 0 Å². The van der Waals surface area contributed by atoms with Gasteiger partial charge in [-0.1, -0.05) is 11.6 Å². The molecule has 2 heterocycles.